The van der Waals surface area contributed by atoms with Crippen molar-refractivity contribution in [3.8, 4) is 11.5 Å². The third kappa shape index (κ3) is 8.55. The number of ether oxygens (including phenoxy) is 1. The molecular formula is C32H46O5. The SMILES string of the molecule is CC(=O)Oc1c(C(C)(C)C)cc(C=O)cc1C(C)(C)C.CC(C)(C)c1cc(C=O)cc(C(C)(C)C)c1O. The van der Waals surface area contributed by atoms with Crippen LogP contribution in [0.3, 0.4) is 0 Å². The number of phenols is 1. The third-order valence-corrected chi connectivity index (χ3v) is 5.99. The predicted molar refractivity (Wildman–Crippen MR) is 151 cm³/mol. The number of hydrogen-bond acceptors (Lipinski definition) is 5. The Hall–Kier alpha value is -2.95. The first-order chi connectivity index (χ1) is 16.5. The molecule has 0 fully saturated rings. The van der Waals surface area contributed by atoms with Gasteiger partial charge in [-0.3, -0.25) is 14.4 Å². The van der Waals surface area contributed by atoms with E-state index < -0.39 is 0 Å². The van der Waals surface area contributed by atoms with Crippen molar-refractivity contribution < 1.29 is 24.2 Å². The molecule has 0 spiro atoms. The van der Waals surface area contributed by atoms with Gasteiger partial charge in [0.15, 0.2) is 0 Å². The Labute approximate surface area is 223 Å². The van der Waals surface area contributed by atoms with Gasteiger partial charge in [0.1, 0.15) is 24.1 Å². The van der Waals surface area contributed by atoms with E-state index in [9.17, 15) is 19.5 Å². The molecule has 0 aromatic heterocycles. The monoisotopic (exact) mass is 510 g/mol. The van der Waals surface area contributed by atoms with Crippen LogP contribution in [0.15, 0.2) is 24.3 Å². The van der Waals surface area contributed by atoms with Crippen molar-refractivity contribution >= 4 is 18.5 Å². The number of carbonyl (C=O) groups is 3. The molecule has 0 saturated heterocycles. The topological polar surface area (TPSA) is 80.7 Å². The van der Waals surface area contributed by atoms with Gasteiger partial charge in [-0.25, -0.2) is 0 Å². The minimum Gasteiger partial charge on any atom is -0.507 e. The predicted octanol–water partition coefficient (Wildman–Crippen LogP) is 7.82. The summed E-state index contributed by atoms with van der Waals surface area (Å²) < 4.78 is 5.47. The van der Waals surface area contributed by atoms with Crippen molar-refractivity contribution in [2.45, 2.75) is 112 Å². The number of rotatable bonds is 3. The second-order valence-electron chi connectivity index (χ2n) is 13.7. The molecule has 2 aromatic carbocycles. The van der Waals surface area contributed by atoms with E-state index in [4.69, 9.17) is 4.74 Å². The van der Waals surface area contributed by atoms with Gasteiger partial charge in [-0.05, 0) is 45.9 Å². The number of hydrogen-bond donors (Lipinski definition) is 1. The first kappa shape index (κ1) is 32.1. The third-order valence-electron chi connectivity index (χ3n) is 5.99. The van der Waals surface area contributed by atoms with Gasteiger partial charge in [-0.2, -0.15) is 0 Å². The Kier molecular flexibility index (Phi) is 9.71. The lowest BCUT2D eigenvalue weighted by atomic mass is 9.78. The van der Waals surface area contributed by atoms with Crippen LogP contribution in [0, 0.1) is 0 Å². The van der Waals surface area contributed by atoms with Crippen molar-refractivity contribution in [3.05, 3.63) is 57.6 Å². The lowest BCUT2D eigenvalue weighted by Crippen LogP contribution is -2.21. The smallest absolute Gasteiger partial charge is 0.308 e. The maximum atomic E-state index is 11.4. The molecule has 0 saturated carbocycles. The molecule has 5 heteroatoms. The Balaban J connectivity index is 0.000000375. The summed E-state index contributed by atoms with van der Waals surface area (Å²) in [6.45, 7) is 25.8. The highest BCUT2D eigenvalue weighted by atomic mass is 16.5. The number of carbonyl (C=O) groups excluding carboxylic acids is 3. The number of aromatic hydroxyl groups is 1. The summed E-state index contributed by atoms with van der Waals surface area (Å²) in [5, 5.41) is 10.4. The summed E-state index contributed by atoms with van der Waals surface area (Å²) in [7, 11) is 0. The molecule has 0 heterocycles. The van der Waals surface area contributed by atoms with Gasteiger partial charge in [-0.15, -0.1) is 0 Å². The van der Waals surface area contributed by atoms with Crippen LogP contribution >= 0.6 is 0 Å². The van der Waals surface area contributed by atoms with Gasteiger partial charge >= 0.3 is 5.97 Å². The summed E-state index contributed by atoms with van der Waals surface area (Å²) in [6, 6.07) is 7.16. The van der Waals surface area contributed by atoms with E-state index in [1.165, 1.54) is 6.92 Å². The van der Waals surface area contributed by atoms with Gasteiger partial charge in [0, 0.05) is 40.3 Å². The zero-order valence-corrected chi connectivity index (χ0v) is 25.0. The van der Waals surface area contributed by atoms with Gasteiger partial charge in [0.25, 0.3) is 0 Å². The van der Waals surface area contributed by atoms with Crippen molar-refractivity contribution in [2.24, 2.45) is 0 Å². The first-order valence-electron chi connectivity index (χ1n) is 12.7. The molecule has 0 radical (unpaired) electrons. The van der Waals surface area contributed by atoms with Gasteiger partial charge in [-0.1, -0.05) is 83.1 Å². The molecule has 5 nitrogen and oxygen atoms in total. The van der Waals surface area contributed by atoms with Crippen LogP contribution in [-0.2, 0) is 26.5 Å². The van der Waals surface area contributed by atoms with Crippen LogP contribution in [0.5, 0.6) is 11.5 Å². The fourth-order valence-corrected chi connectivity index (χ4v) is 3.96. The zero-order chi connectivity index (χ0) is 29.1. The van der Waals surface area contributed by atoms with Crippen LogP contribution in [0.2, 0.25) is 0 Å². The van der Waals surface area contributed by atoms with E-state index in [0.29, 0.717) is 22.6 Å². The molecule has 0 aliphatic heterocycles. The second kappa shape index (κ2) is 11.2. The van der Waals surface area contributed by atoms with E-state index in [2.05, 4.69) is 0 Å². The lowest BCUT2D eigenvalue weighted by molar-refractivity contribution is -0.132. The molecule has 0 unspecified atom stereocenters. The van der Waals surface area contributed by atoms with E-state index in [1.54, 1.807) is 24.3 Å². The van der Waals surface area contributed by atoms with E-state index in [1.807, 2.05) is 83.1 Å². The number of aldehydes is 2. The van der Waals surface area contributed by atoms with Crippen LogP contribution in [-0.4, -0.2) is 23.6 Å². The highest BCUT2D eigenvalue weighted by molar-refractivity contribution is 5.79. The van der Waals surface area contributed by atoms with E-state index in [0.717, 1.165) is 34.8 Å². The largest absolute Gasteiger partial charge is 0.507 e. The Bertz CT molecular complexity index is 1070. The summed E-state index contributed by atoms with van der Waals surface area (Å²) in [5.74, 6) is 0.554. The summed E-state index contributed by atoms with van der Waals surface area (Å²) >= 11 is 0. The highest BCUT2D eigenvalue weighted by Crippen LogP contribution is 2.41. The molecule has 0 aliphatic rings. The van der Waals surface area contributed by atoms with Crippen LogP contribution in [0.25, 0.3) is 0 Å². The molecule has 2 aromatic rings. The van der Waals surface area contributed by atoms with Crippen LogP contribution in [0.4, 0.5) is 0 Å². The summed E-state index contributed by atoms with van der Waals surface area (Å²) in [6.07, 6.45) is 1.67. The number of benzene rings is 2. The molecule has 0 aliphatic carbocycles. The quantitative estimate of drug-likeness (QED) is 0.259. The molecule has 204 valence electrons. The Morgan fingerprint density at radius 2 is 0.892 bits per heavy atom. The maximum Gasteiger partial charge on any atom is 0.308 e. The van der Waals surface area contributed by atoms with Crippen molar-refractivity contribution in [1.82, 2.24) is 0 Å². The van der Waals surface area contributed by atoms with Crippen LogP contribution < -0.4 is 4.74 Å². The number of phenolic OH excluding ortho intramolecular Hbond substituents is 1. The zero-order valence-electron chi connectivity index (χ0n) is 25.0. The average Bonchev–Trinajstić information content (AvgIpc) is 2.70. The summed E-state index contributed by atoms with van der Waals surface area (Å²) in [4.78, 5) is 33.6. The molecule has 37 heavy (non-hydrogen) atoms. The maximum absolute atomic E-state index is 11.4. The van der Waals surface area contributed by atoms with E-state index in [-0.39, 0.29) is 27.6 Å². The van der Waals surface area contributed by atoms with Crippen molar-refractivity contribution in [3.63, 3.8) is 0 Å². The van der Waals surface area contributed by atoms with Gasteiger partial charge in [0.05, 0.1) is 0 Å². The highest BCUT2D eigenvalue weighted by Gasteiger charge is 2.29. The van der Waals surface area contributed by atoms with E-state index >= 15 is 0 Å². The first-order valence-corrected chi connectivity index (χ1v) is 12.7. The molecule has 1 N–H and O–H groups in total. The molecule has 2 rings (SSSR count). The van der Waals surface area contributed by atoms with Gasteiger partial charge in [0.2, 0.25) is 0 Å². The summed E-state index contributed by atoms with van der Waals surface area (Å²) in [5.41, 5.74) is 3.84. The molecule has 0 atom stereocenters. The standard InChI is InChI=1S/C17H24O3.C15H22O2/c1-11(19)20-15-13(16(2,3)4)8-12(10-18)9-14(15)17(5,6)7;1-14(2,3)11-7-10(9-16)8-12(13(11)17)15(4,5)6/h8-10H,1-7H3;7-9,17H,1-6H3. The Morgan fingerprint density at radius 1 is 0.622 bits per heavy atom. The average molecular weight is 511 g/mol. The molecular weight excluding hydrogens is 464 g/mol. The fourth-order valence-electron chi connectivity index (χ4n) is 3.96. The van der Waals surface area contributed by atoms with Gasteiger partial charge < -0.3 is 9.84 Å². The van der Waals surface area contributed by atoms with Crippen molar-refractivity contribution in [2.75, 3.05) is 0 Å². The Morgan fingerprint density at radius 3 is 1.11 bits per heavy atom. The molecule has 0 bridgehead atoms. The minimum absolute atomic E-state index is 0.177. The lowest BCUT2D eigenvalue weighted by Gasteiger charge is -2.29. The van der Waals surface area contributed by atoms with Crippen molar-refractivity contribution in [1.29, 1.82) is 0 Å². The minimum atomic E-state index is -0.347. The number of esters is 1. The fraction of sp³-hybridized carbons (Fsp3) is 0.531. The normalized spacial score (nSPS) is 12.4. The van der Waals surface area contributed by atoms with Crippen LogP contribution in [0.1, 0.15) is 133 Å². The molecule has 0 amide bonds. The second-order valence-corrected chi connectivity index (χ2v) is 13.7.